The second-order valence-corrected chi connectivity index (χ2v) is 2.05. The lowest BCUT2D eigenvalue weighted by Gasteiger charge is -1.76. The van der Waals surface area contributed by atoms with Gasteiger partial charge < -0.3 is 4.79 Å². The van der Waals surface area contributed by atoms with Crippen LogP contribution in [0.1, 0.15) is 6.42 Å². The summed E-state index contributed by atoms with van der Waals surface area (Å²) in [7, 11) is 6.31. The Morgan fingerprint density at radius 3 is 2.67 bits per heavy atom. The largest absolute Gasteiger partial charge is 0.303 e. The molecule has 0 N–H and O–H groups in total. The third-order valence-electron chi connectivity index (χ3n) is 0.313. The molecule has 0 aliphatic heterocycles. The van der Waals surface area contributed by atoms with Crippen LogP contribution in [0, 0.1) is 0 Å². The van der Waals surface area contributed by atoms with Crippen LogP contribution in [0.15, 0.2) is 0 Å². The minimum absolute atomic E-state index is 0.564. The molecule has 0 spiro atoms. The van der Waals surface area contributed by atoms with Crippen LogP contribution in [0.5, 0.6) is 0 Å². The second kappa shape index (κ2) is 5.31. The van der Waals surface area contributed by atoms with Crippen molar-refractivity contribution in [3.63, 3.8) is 0 Å². The second-order valence-electron chi connectivity index (χ2n) is 0.769. The van der Waals surface area contributed by atoms with Crippen molar-refractivity contribution in [2.24, 2.45) is 0 Å². The molecule has 0 bridgehead atoms. The fourth-order valence-corrected chi connectivity index (χ4v) is 0.545. The van der Waals surface area contributed by atoms with Crippen LogP contribution in [0.25, 0.3) is 0 Å². The Bertz CT molecular complexity index is 39.8. The van der Waals surface area contributed by atoms with Crippen LogP contribution in [0.2, 0.25) is 0 Å². The van der Waals surface area contributed by atoms with E-state index in [0.717, 1.165) is 12.0 Å². The molecule has 0 aliphatic rings. The van der Waals surface area contributed by atoms with Gasteiger partial charge in [0.1, 0.15) is 6.29 Å². The van der Waals surface area contributed by atoms with Crippen LogP contribution < -0.4 is 0 Å². The molecule has 3 heteroatoms. The summed E-state index contributed by atoms with van der Waals surface area (Å²) in [5.74, 6) is 0.727. The number of hydrogen-bond acceptors (Lipinski definition) is 2. The maximum atomic E-state index is 9.49. The Morgan fingerprint density at radius 2 is 2.50 bits per heavy atom. The SMILES string of the molecule is O=CCCSCl. The molecule has 0 heterocycles. The number of hydrogen-bond donors (Lipinski definition) is 0. The van der Waals surface area contributed by atoms with Crippen LogP contribution in [-0.2, 0) is 4.79 Å². The molecule has 0 rings (SSSR count). The van der Waals surface area contributed by atoms with Gasteiger partial charge in [0.2, 0.25) is 0 Å². The van der Waals surface area contributed by atoms with Gasteiger partial charge in [-0.05, 0) is 10.7 Å². The van der Waals surface area contributed by atoms with Crippen molar-refractivity contribution in [1.29, 1.82) is 0 Å². The smallest absolute Gasteiger partial charge is 0.120 e. The minimum atomic E-state index is 0.564. The van der Waals surface area contributed by atoms with Crippen LogP contribution >= 0.6 is 21.7 Å². The summed E-state index contributed by atoms with van der Waals surface area (Å²) in [6, 6.07) is 0. The highest BCUT2D eigenvalue weighted by molar-refractivity contribution is 8.21. The number of carbonyl (C=O) groups excluding carboxylic acids is 1. The first-order valence-corrected chi connectivity index (χ1v) is 3.40. The lowest BCUT2D eigenvalue weighted by Crippen LogP contribution is -1.73. The van der Waals surface area contributed by atoms with E-state index in [-0.39, 0.29) is 0 Å². The van der Waals surface area contributed by atoms with Crippen molar-refractivity contribution in [2.45, 2.75) is 6.42 Å². The molecule has 36 valence electrons. The van der Waals surface area contributed by atoms with Crippen LogP contribution in [0.4, 0.5) is 0 Å². The Kier molecular flexibility index (Phi) is 5.58. The summed E-state index contributed by atoms with van der Waals surface area (Å²) < 4.78 is 0. The van der Waals surface area contributed by atoms with E-state index in [9.17, 15) is 4.79 Å². The number of halogens is 1. The summed E-state index contributed by atoms with van der Waals surface area (Å²) in [5.41, 5.74) is 0. The standard InChI is InChI=1S/C3H5ClOS/c4-6-3-1-2-5/h2H,1,3H2. The van der Waals surface area contributed by atoms with E-state index in [2.05, 4.69) is 0 Å². The van der Waals surface area contributed by atoms with E-state index < -0.39 is 0 Å². The summed E-state index contributed by atoms with van der Waals surface area (Å²) in [5, 5.41) is 0. The zero-order chi connectivity index (χ0) is 4.83. The van der Waals surface area contributed by atoms with Gasteiger partial charge in [-0.2, -0.15) is 0 Å². The number of carbonyl (C=O) groups is 1. The van der Waals surface area contributed by atoms with Gasteiger partial charge in [-0.3, -0.25) is 0 Å². The zero-order valence-electron chi connectivity index (χ0n) is 3.19. The molecule has 0 amide bonds. The normalized spacial score (nSPS) is 8.17. The summed E-state index contributed by atoms with van der Waals surface area (Å²) in [6.07, 6.45) is 1.42. The molecule has 0 aromatic heterocycles. The van der Waals surface area contributed by atoms with Crippen molar-refractivity contribution < 1.29 is 4.79 Å². The molecule has 6 heavy (non-hydrogen) atoms. The highest BCUT2D eigenvalue weighted by Gasteiger charge is 1.77. The predicted octanol–water partition coefficient (Wildman–Crippen LogP) is 1.46. The average Bonchev–Trinajstić information content (AvgIpc) is 1.61. The first-order chi connectivity index (χ1) is 2.91. The van der Waals surface area contributed by atoms with Gasteiger partial charge in [0.15, 0.2) is 0 Å². The molecule has 0 saturated heterocycles. The number of rotatable bonds is 3. The Morgan fingerprint density at radius 1 is 1.83 bits per heavy atom. The molecular weight excluding hydrogens is 120 g/mol. The average molecular weight is 125 g/mol. The summed E-state index contributed by atoms with van der Waals surface area (Å²) in [4.78, 5) is 9.49. The molecule has 0 aromatic rings. The highest BCUT2D eigenvalue weighted by Crippen LogP contribution is 2.04. The van der Waals surface area contributed by atoms with Crippen LogP contribution in [-0.4, -0.2) is 12.0 Å². The number of aldehydes is 1. The van der Waals surface area contributed by atoms with E-state index in [1.54, 1.807) is 0 Å². The Labute approximate surface area is 45.6 Å². The van der Waals surface area contributed by atoms with Gasteiger partial charge in [0.05, 0.1) is 0 Å². The van der Waals surface area contributed by atoms with E-state index in [1.165, 1.54) is 11.0 Å². The molecule has 0 aromatic carbocycles. The van der Waals surface area contributed by atoms with Gasteiger partial charge >= 0.3 is 0 Å². The lowest BCUT2D eigenvalue weighted by molar-refractivity contribution is -0.107. The lowest BCUT2D eigenvalue weighted by atomic mass is 10.6. The summed E-state index contributed by atoms with van der Waals surface area (Å²) in [6.45, 7) is 0. The first kappa shape index (κ1) is 6.31. The minimum Gasteiger partial charge on any atom is -0.303 e. The van der Waals surface area contributed by atoms with Gasteiger partial charge in [-0.1, -0.05) is 11.0 Å². The van der Waals surface area contributed by atoms with Crippen molar-refractivity contribution in [2.75, 3.05) is 5.75 Å². The van der Waals surface area contributed by atoms with Gasteiger partial charge in [-0.25, -0.2) is 0 Å². The molecule has 0 fully saturated rings. The molecule has 0 radical (unpaired) electrons. The van der Waals surface area contributed by atoms with Gasteiger partial charge in [-0.15, -0.1) is 0 Å². The Balaban J connectivity index is 2.49. The third-order valence-corrected chi connectivity index (χ3v) is 1.17. The Hall–Kier alpha value is 0.310. The third kappa shape index (κ3) is 4.31. The molecule has 1 nitrogen and oxygen atoms in total. The molecule has 0 unspecified atom stereocenters. The van der Waals surface area contributed by atoms with Crippen molar-refractivity contribution in [3.8, 4) is 0 Å². The van der Waals surface area contributed by atoms with Crippen LogP contribution in [0.3, 0.4) is 0 Å². The maximum absolute atomic E-state index is 9.49. The molecular formula is C3H5ClOS. The topological polar surface area (TPSA) is 17.1 Å². The van der Waals surface area contributed by atoms with E-state index in [1.807, 2.05) is 0 Å². The monoisotopic (exact) mass is 124 g/mol. The molecule has 0 atom stereocenters. The van der Waals surface area contributed by atoms with Crippen molar-refractivity contribution in [3.05, 3.63) is 0 Å². The maximum Gasteiger partial charge on any atom is 0.120 e. The zero-order valence-corrected chi connectivity index (χ0v) is 4.76. The fourth-order valence-electron chi connectivity index (χ4n) is 0.0927. The highest BCUT2D eigenvalue weighted by atomic mass is 35.7. The van der Waals surface area contributed by atoms with Crippen molar-refractivity contribution in [1.82, 2.24) is 0 Å². The van der Waals surface area contributed by atoms with Gasteiger partial charge in [0.25, 0.3) is 0 Å². The molecule has 0 saturated carbocycles. The van der Waals surface area contributed by atoms with Crippen molar-refractivity contribution >= 4 is 27.9 Å². The van der Waals surface area contributed by atoms with Gasteiger partial charge in [0, 0.05) is 12.2 Å². The van der Waals surface area contributed by atoms with E-state index in [4.69, 9.17) is 10.7 Å². The first-order valence-electron chi connectivity index (χ1n) is 1.59. The van der Waals surface area contributed by atoms with E-state index in [0.29, 0.717) is 6.42 Å². The quantitative estimate of drug-likeness (QED) is 0.419. The summed E-state index contributed by atoms with van der Waals surface area (Å²) >= 11 is 0. The molecule has 0 aliphatic carbocycles. The fraction of sp³-hybridized carbons (Fsp3) is 0.667. The van der Waals surface area contributed by atoms with E-state index >= 15 is 0 Å². The predicted molar refractivity (Wildman–Crippen MR) is 29.0 cm³/mol.